The molecule has 0 unspecified atom stereocenters. The molecule has 0 radical (unpaired) electrons. The van der Waals surface area contributed by atoms with Crippen molar-refractivity contribution in [2.75, 3.05) is 0 Å². The highest BCUT2D eigenvalue weighted by molar-refractivity contribution is 6.30. The molecular formula is C14H15ClN2O. The van der Waals surface area contributed by atoms with Gasteiger partial charge in [0.25, 0.3) is 0 Å². The van der Waals surface area contributed by atoms with Gasteiger partial charge in [-0.1, -0.05) is 41.9 Å². The zero-order chi connectivity index (χ0) is 13.3. The minimum Gasteiger partial charge on any atom is -0.286 e. The predicted octanol–water partition coefficient (Wildman–Crippen LogP) is 3.32. The minimum atomic E-state index is -0.233. The van der Waals surface area contributed by atoms with E-state index in [1.165, 1.54) is 0 Å². The lowest BCUT2D eigenvalue weighted by atomic mass is 10.1. The van der Waals surface area contributed by atoms with E-state index >= 15 is 0 Å². The van der Waals surface area contributed by atoms with Gasteiger partial charge in [0.05, 0.1) is 5.54 Å². The van der Waals surface area contributed by atoms with Crippen molar-refractivity contribution >= 4 is 11.6 Å². The smallest absolute Gasteiger partial charge is 0.226 e. The Bertz CT molecular complexity index is 612. The van der Waals surface area contributed by atoms with Crippen molar-refractivity contribution in [3.63, 3.8) is 0 Å². The Hall–Kier alpha value is -1.61. The fraction of sp³-hybridized carbons (Fsp3) is 0.286. The van der Waals surface area contributed by atoms with E-state index in [-0.39, 0.29) is 16.0 Å². The molecule has 1 aromatic heterocycles. The maximum absolute atomic E-state index is 12.0. The Kier molecular flexibility index (Phi) is 3.26. The van der Waals surface area contributed by atoms with Gasteiger partial charge in [0.1, 0.15) is 10.7 Å². The molecule has 0 aliphatic carbocycles. The maximum Gasteiger partial charge on any atom is 0.226 e. The van der Waals surface area contributed by atoms with Crippen LogP contribution in [0.15, 0.2) is 41.3 Å². The van der Waals surface area contributed by atoms with Crippen LogP contribution < -0.4 is 5.43 Å². The molecule has 0 amide bonds. The Balaban J connectivity index is 2.68. The molecule has 0 aliphatic rings. The van der Waals surface area contributed by atoms with E-state index in [0.29, 0.717) is 5.69 Å². The molecule has 18 heavy (non-hydrogen) atoms. The van der Waals surface area contributed by atoms with Crippen molar-refractivity contribution in [1.82, 2.24) is 9.78 Å². The molecule has 2 rings (SSSR count). The fourth-order valence-corrected chi connectivity index (χ4v) is 1.77. The maximum atomic E-state index is 12.0. The molecule has 0 saturated carbocycles. The van der Waals surface area contributed by atoms with Crippen LogP contribution in [0.5, 0.6) is 0 Å². The minimum absolute atomic E-state index is 0.193. The first-order valence-corrected chi connectivity index (χ1v) is 6.13. The molecule has 0 fully saturated rings. The van der Waals surface area contributed by atoms with Crippen LogP contribution in [-0.2, 0) is 5.54 Å². The number of benzene rings is 1. The standard InChI is InChI=1S/C14H15ClN2O/c1-14(2,3)17-9-11(15)13(18)12(16-17)10-7-5-4-6-8-10/h4-9H,1-3H3. The van der Waals surface area contributed by atoms with Crippen molar-refractivity contribution < 1.29 is 0 Å². The number of aromatic nitrogens is 2. The third kappa shape index (κ3) is 2.46. The van der Waals surface area contributed by atoms with Crippen LogP contribution in [0.25, 0.3) is 11.3 Å². The zero-order valence-corrected chi connectivity index (χ0v) is 11.4. The first kappa shape index (κ1) is 12.8. The van der Waals surface area contributed by atoms with Gasteiger partial charge in [-0.2, -0.15) is 5.10 Å². The van der Waals surface area contributed by atoms with Crippen LogP contribution >= 0.6 is 11.6 Å². The number of hydrogen-bond acceptors (Lipinski definition) is 2. The van der Waals surface area contributed by atoms with Gasteiger partial charge >= 0.3 is 0 Å². The van der Waals surface area contributed by atoms with E-state index < -0.39 is 0 Å². The van der Waals surface area contributed by atoms with E-state index in [9.17, 15) is 4.79 Å². The Labute approximate surface area is 111 Å². The Morgan fingerprint density at radius 1 is 1.17 bits per heavy atom. The van der Waals surface area contributed by atoms with Crippen molar-refractivity contribution in [2.24, 2.45) is 0 Å². The van der Waals surface area contributed by atoms with Crippen LogP contribution in [-0.4, -0.2) is 9.78 Å². The second kappa shape index (κ2) is 4.58. The van der Waals surface area contributed by atoms with Gasteiger partial charge in [-0.25, -0.2) is 0 Å². The lowest BCUT2D eigenvalue weighted by Crippen LogP contribution is -2.27. The molecule has 4 heteroatoms. The third-order valence-electron chi connectivity index (χ3n) is 2.61. The largest absolute Gasteiger partial charge is 0.286 e. The highest BCUT2D eigenvalue weighted by atomic mass is 35.5. The van der Waals surface area contributed by atoms with Crippen molar-refractivity contribution in [2.45, 2.75) is 26.3 Å². The van der Waals surface area contributed by atoms with Gasteiger partial charge in [0, 0.05) is 11.8 Å². The second-order valence-corrected chi connectivity index (χ2v) is 5.54. The van der Waals surface area contributed by atoms with E-state index in [4.69, 9.17) is 11.6 Å². The third-order valence-corrected chi connectivity index (χ3v) is 2.88. The molecule has 2 aromatic rings. The van der Waals surface area contributed by atoms with Gasteiger partial charge in [-0.15, -0.1) is 0 Å². The summed E-state index contributed by atoms with van der Waals surface area (Å²) in [4.78, 5) is 12.0. The van der Waals surface area contributed by atoms with Crippen LogP contribution in [0.1, 0.15) is 20.8 Å². The van der Waals surface area contributed by atoms with Crippen LogP contribution in [0.4, 0.5) is 0 Å². The van der Waals surface area contributed by atoms with Gasteiger partial charge < -0.3 is 0 Å². The van der Waals surface area contributed by atoms with Crippen LogP contribution in [0, 0.1) is 0 Å². The summed E-state index contributed by atoms with van der Waals surface area (Å²) in [6.07, 6.45) is 1.58. The van der Waals surface area contributed by atoms with E-state index in [0.717, 1.165) is 5.56 Å². The van der Waals surface area contributed by atoms with Crippen molar-refractivity contribution in [1.29, 1.82) is 0 Å². The SMILES string of the molecule is CC(C)(C)n1cc(Cl)c(=O)c(-c2ccccc2)n1. The summed E-state index contributed by atoms with van der Waals surface area (Å²) in [5, 5.41) is 4.59. The number of nitrogens with zero attached hydrogens (tertiary/aromatic N) is 2. The topological polar surface area (TPSA) is 34.9 Å². The molecule has 0 saturated heterocycles. The zero-order valence-electron chi connectivity index (χ0n) is 10.6. The predicted molar refractivity (Wildman–Crippen MR) is 73.9 cm³/mol. The molecule has 1 aromatic carbocycles. The van der Waals surface area contributed by atoms with Crippen LogP contribution in [0.3, 0.4) is 0 Å². The lowest BCUT2D eigenvalue weighted by molar-refractivity contribution is 0.349. The highest BCUT2D eigenvalue weighted by Gasteiger charge is 2.17. The summed E-state index contributed by atoms with van der Waals surface area (Å²) in [5.74, 6) is 0. The van der Waals surface area contributed by atoms with E-state index in [1.54, 1.807) is 10.9 Å². The van der Waals surface area contributed by atoms with Gasteiger partial charge in [-0.05, 0) is 20.8 Å². The first-order chi connectivity index (χ1) is 8.39. The molecule has 0 spiro atoms. The molecule has 0 N–H and O–H groups in total. The van der Waals surface area contributed by atoms with Gasteiger partial charge in [0.2, 0.25) is 5.43 Å². The van der Waals surface area contributed by atoms with E-state index in [2.05, 4.69) is 5.10 Å². The second-order valence-electron chi connectivity index (χ2n) is 5.14. The average molecular weight is 263 g/mol. The Morgan fingerprint density at radius 2 is 1.78 bits per heavy atom. The summed E-state index contributed by atoms with van der Waals surface area (Å²) in [6.45, 7) is 6.03. The number of halogens is 1. The average Bonchev–Trinajstić information content (AvgIpc) is 2.32. The summed E-state index contributed by atoms with van der Waals surface area (Å²) >= 11 is 6.00. The lowest BCUT2D eigenvalue weighted by Gasteiger charge is -2.22. The van der Waals surface area contributed by atoms with Gasteiger partial charge in [0.15, 0.2) is 0 Å². The summed E-state index contributed by atoms with van der Waals surface area (Å²) in [5.41, 5.74) is 0.713. The molecule has 94 valence electrons. The summed E-state index contributed by atoms with van der Waals surface area (Å²) in [7, 11) is 0. The van der Waals surface area contributed by atoms with Crippen molar-refractivity contribution in [3.05, 3.63) is 51.8 Å². The van der Waals surface area contributed by atoms with Crippen molar-refractivity contribution in [3.8, 4) is 11.3 Å². The molecule has 0 bridgehead atoms. The van der Waals surface area contributed by atoms with E-state index in [1.807, 2.05) is 51.1 Å². The monoisotopic (exact) mass is 262 g/mol. The van der Waals surface area contributed by atoms with Gasteiger partial charge in [-0.3, -0.25) is 9.48 Å². The van der Waals surface area contributed by atoms with Crippen LogP contribution in [0.2, 0.25) is 5.02 Å². The number of hydrogen-bond donors (Lipinski definition) is 0. The number of rotatable bonds is 1. The highest BCUT2D eigenvalue weighted by Crippen LogP contribution is 2.18. The molecule has 0 aliphatic heterocycles. The molecule has 0 atom stereocenters. The summed E-state index contributed by atoms with van der Waals surface area (Å²) in [6, 6.07) is 9.36. The Morgan fingerprint density at radius 3 is 2.33 bits per heavy atom. The molecular weight excluding hydrogens is 248 g/mol. The quantitative estimate of drug-likeness (QED) is 0.790. The first-order valence-electron chi connectivity index (χ1n) is 5.75. The fourth-order valence-electron chi connectivity index (χ4n) is 1.59. The summed E-state index contributed by atoms with van der Waals surface area (Å²) < 4.78 is 1.72. The molecule has 3 nitrogen and oxygen atoms in total. The molecule has 1 heterocycles. The normalized spacial score (nSPS) is 11.6.